The Morgan fingerprint density at radius 1 is 1.33 bits per heavy atom. The van der Waals surface area contributed by atoms with E-state index < -0.39 is 5.82 Å². The summed E-state index contributed by atoms with van der Waals surface area (Å²) in [6.07, 6.45) is 0. The largest absolute Gasteiger partial charge is 0.495 e. The summed E-state index contributed by atoms with van der Waals surface area (Å²) in [5.74, 6) is 6.10. The summed E-state index contributed by atoms with van der Waals surface area (Å²) in [7, 11) is 1.50. The number of hydrogen-bond donors (Lipinski definition) is 2. The number of anilines is 1. The number of thioether (sulfide) groups is 1. The third kappa shape index (κ3) is 4.50. The second-order valence-electron chi connectivity index (χ2n) is 5.37. The molecule has 0 saturated carbocycles. The van der Waals surface area contributed by atoms with E-state index >= 15 is 0 Å². The number of carbonyl (C=O) groups is 1. The molecule has 0 saturated heterocycles. The fourth-order valence-electron chi connectivity index (χ4n) is 2.29. The molecule has 0 aliphatic heterocycles. The SMILES string of the molecule is COc1ccc(Cl)cc1NC(=O)CSc1nnc(-c2cccc(F)c2)n1N. The monoisotopic (exact) mass is 407 g/mol. The van der Waals surface area contributed by atoms with E-state index in [2.05, 4.69) is 15.5 Å². The third-order valence-corrected chi connectivity index (χ3v) is 4.69. The summed E-state index contributed by atoms with van der Waals surface area (Å²) in [4.78, 5) is 12.2. The molecule has 0 radical (unpaired) electrons. The van der Waals surface area contributed by atoms with Crippen molar-refractivity contribution >= 4 is 35.0 Å². The topological polar surface area (TPSA) is 95.1 Å². The first-order chi connectivity index (χ1) is 13.0. The van der Waals surface area contributed by atoms with Crippen LogP contribution in [0.3, 0.4) is 0 Å². The molecule has 2 aromatic carbocycles. The standard InChI is InChI=1S/C17H15ClFN5O2S/c1-26-14-6-5-11(18)8-13(14)21-15(25)9-27-17-23-22-16(24(17)20)10-3-2-4-12(19)7-10/h2-8H,9,20H2,1H3,(H,21,25). The molecular formula is C17H15ClFN5O2S. The van der Waals surface area contributed by atoms with E-state index in [-0.39, 0.29) is 11.7 Å². The predicted molar refractivity (Wildman–Crippen MR) is 103 cm³/mol. The van der Waals surface area contributed by atoms with Gasteiger partial charge in [0.2, 0.25) is 11.1 Å². The van der Waals surface area contributed by atoms with Crippen molar-refractivity contribution in [3.05, 3.63) is 53.3 Å². The number of nitrogens with one attached hydrogen (secondary N) is 1. The number of halogens is 2. The molecule has 1 heterocycles. The number of ether oxygens (including phenoxy) is 1. The van der Waals surface area contributed by atoms with Gasteiger partial charge in [-0.1, -0.05) is 35.5 Å². The van der Waals surface area contributed by atoms with E-state index in [1.807, 2.05) is 0 Å². The van der Waals surface area contributed by atoms with Gasteiger partial charge >= 0.3 is 0 Å². The molecule has 10 heteroatoms. The highest BCUT2D eigenvalue weighted by molar-refractivity contribution is 7.99. The highest BCUT2D eigenvalue weighted by atomic mass is 35.5. The number of amides is 1. The van der Waals surface area contributed by atoms with E-state index in [1.165, 1.54) is 23.9 Å². The van der Waals surface area contributed by atoms with Crippen molar-refractivity contribution in [2.75, 3.05) is 24.0 Å². The number of rotatable bonds is 6. The Kier molecular flexibility index (Phi) is 5.82. The maximum atomic E-state index is 13.4. The number of hydrogen-bond acceptors (Lipinski definition) is 6. The van der Waals surface area contributed by atoms with Gasteiger partial charge in [0.1, 0.15) is 11.6 Å². The number of nitrogen functional groups attached to an aromatic ring is 1. The van der Waals surface area contributed by atoms with Crippen molar-refractivity contribution in [2.24, 2.45) is 0 Å². The van der Waals surface area contributed by atoms with Gasteiger partial charge < -0.3 is 15.9 Å². The minimum atomic E-state index is -0.403. The molecule has 3 N–H and O–H groups in total. The second kappa shape index (κ2) is 8.28. The lowest BCUT2D eigenvalue weighted by Crippen LogP contribution is -2.17. The molecule has 0 atom stereocenters. The zero-order chi connectivity index (χ0) is 19.4. The molecule has 0 aliphatic rings. The minimum Gasteiger partial charge on any atom is -0.495 e. The zero-order valence-electron chi connectivity index (χ0n) is 14.1. The Morgan fingerprint density at radius 3 is 2.89 bits per heavy atom. The van der Waals surface area contributed by atoms with Crippen LogP contribution in [0, 0.1) is 5.82 Å². The van der Waals surface area contributed by atoms with Crippen LogP contribution in [0.25, 0.3) is 11.4 Å². The molecule has 0 bridgehead atoms. The maximum Gasteiger partial charge on any atom is 0.234 e. The van der Waals surface area contributed by atoms with Crippen molar-refractivity contribution in [1.29, 1.82) is 0 Å². The lowest BCUT2D eigenvalue weighted by molar-refractivity contribution is -0.113. The number of methoxy groups -OCH3 is 1. The van der Waals surface area contributed by atoms with Crippen LogP contribution in [-0.4, -0.2) is 33.6 Å². The van der Waals surface area contributed by atoms with Crippen LogP contribution in [0.1, 0.15) is 0 Å². The summed E-state index contributed by atoms with van der Waals surface area (Å²) in [5.41, 5.74) is 0.954. The highest BCUT2D eigenvalue weighted by Gasteiger charge is 2.15. The molecule has 140 valence electrons. The summed E-state index contributed by atoms with van der Waals surface area (Å²) in [6, 6.07) is 10.8. The Hall–Kier alpha value is -2.78. The number of benzene rings is 2. The van der Waals surface area contributed by atoms with Gasteiger partial charge in [-0.3, -0.25) is 4.79 Å². The molecular weight excluding hydrogens is 393 g/mol. The summed E-state index contributed by atoms with van der Waals surface area (Å²) in [6.45, 7) is 0. The number of nitrogens with zero attached hydrogens (tertiary/aromatic N) is 3. The van der Waals surface area contributed by atoms with E-state index in [0.717, 1.165) is 11.8 Å². The van der Waals surface area contributed by atoms with Crippen LogP contribution < -0.4 is 15.9 Å². The Bertz CT molecular complexity index is 982. The van der Waals surface area contributed by atoms with Crippen LogP contribution in [0.4, 0.5) is 10.1 Å². The molecule has 0 spiro atoms. The van der Waals surface area contributed by atoms with Crippen LogP contribution >= 0.6 is 23.4 Å². The Labute approximate surface area is 163 Å². The van der Waals surface area contributed by atoms with E-state index in [4.69, 9.17) is 22.2 Å². The molecule has 0 aliphatic carbocycles. The van der Waals surface area contributed by atoms with Crippen LogP contribution in [0.2, 0.25) is 5.02 Å². The van der Waals surface area contributed by atoms with Gasteiger partial charge in [0, 0.05) is 10.6 Å². The zero-order valence-corrected chi connectivity index (χ0v) is 15.7. The lowest BCUT2D eigenvalue weighted by Gasteiger charge is -2.10. The van der Waals surface area contributed by atoms with Gasteiger partial charge in [-0.25, -0.2) is 9.07 Å². The molecule has 27 heavy (non-hydrogen) atoms. The Balaban J connectivity index is 1.67. The third-order valence-electron chi connectivity index (χ3n) is 3.52. The van der Waals surface area contributed by atoms with E-state index in [9.17, 15) is 9.18 Å². The van der Waals surface area contributed by atoms with E-state index in [1.54, 1.807) is 30.3 Å². The first kappa shape index (κ1) is 19.0. The fourth-order valence-corrected chi connectivity index (χ4v) is 3.12. The summed E-state index contributed by atoms with van der Waals surface area (Å²) in [5, 5.41) is 11.4. The molecule has 0 fully saturated rings. The predicted octanol–water partition coefficient (Wildman–Crippen LogP) is 3.19. The lowest BCUT2D eigenvalue weighted by atomic mass is 10.2. The first-order valence-electron chi connectivity index (χ1n) is 7.70. The Morgan fingerprint density at radius 2 is 2.15 bits per heavy atom. The second-order valence-corrected chi connectivity index (χ2v) is 6.75. The van der Waals surface area contributed by atoms with Crippen molar-refractivity contribution in [1.82, 2.24) is 14.9 Å². The molecule has 0 unspecified atom stereocenters. The van der Waals surface area contributed by atoms with Crippen LogP contribution in [-0.2, 0) is 4.79 Å². The normalized spacial score (nSPS) is 10.6. The van der Waals surface area contributed by atoms with Crippen molar-refractivity contribution in [2.45, 2.75) is 5.16 Å². The molecule has 1 amide bonds. The minimum absolute atomic E-state index is 0.0359. The number of nitrogens with two attached hydrogens (primary N) is 1. The van der Waals surface area contributed by atoms with Crippen molar-refractivity contribution in [3.63, 3.8) is 0 Å². The molecule has 3 rings (SSSR count). The van der Waals surface area contributed by atoms with Gasteiger partial charge in [0.15, 0.2) is 5.82 Å². The number of aromatic nitrogens is 3. The van der Waals surface area contributed by atoms with Crippen molar-refractivity contribution in [3.8, 4) is 17.1 Å². The van der Waals surface area contributed by atoms with E-state index in [0.29, 0.717) is 33.0 Å². The van der Waals surface area contributed by atoms with Crippen LogP contribution in [0.5, 0.6) is 5.75 Å². The van der Waals surface area contributed by atoms with Gasteiger partial charge in [0.05, 0.1) is 18.6 Å². The summed E-state index contributed by atoms with van der Waals surface area (Å²) < 4.78 is 19.8. The molecule has 1 aromatic heterocycles. The van der Waals surface area contributed by atoms with Crippen LogP contribution in [0.15, 0.2) is 47.6 Å². The van der Waals surface area contributed by atoms with Gasteiger partial charge in [-0.05, 0) is 30.3 Å². The molecule has 7 nitrogen and oxygen atoms in total. The van der Waals surface area contributed by atoms with Gasteiger partial charge in [-0.2, -0.15) is 0 Å². The van der Waals surface area contributed by atoms with Crippen molar-refractivity contribution < 1.29 is 13.9 Å². The molecule has 3 aromatic rings. The first-order valence-corrected chi connectivity index (χ1v) is 9.07. The average molecular weight is 408 g/mol. The smallest absolute Gasteiger partial charge is 0.234 e. The quantitative estimate of drug-likeness (QED) is 0.481. The average Bonchev–Trinajstić information content (AvgIpc) is 3.01. The van der Waals surface area contributed by atoms with Gasteiger partial charge in [0.25, 0.3) is 0 Å². The maximum absolute atomic E-state index is 13.4. The van der Waals surface area contributed by atoms with Gasteiger partial charge in [-0.15, -0.1) is 10.2 Å². The summed E-state index contributed by atoms with van der Waals surface area (Å²) >= 11 is 7.04. The fraction of sp³-hybridized carbons (Fsp3) is 0.118. The number of carbonyl (C=O) groups excluding carboxylic acids is 1. The highest BCUT2D eigenvalue weighted by Crippen LogP contribution is 2.28.